The molecule has 0 spiro atoms. The van der Waals surface area contributed by atoms with Gasteiger partial charge in [0.25, 0.3) is 0 Å². The first-order valence-electron chi connectivity index (χ1n) is 5.82. The van der Waals surface area contributed by atoms with Gasteiger partial charge in [0.1, 0.15) is 0 Å². The van der Waals surface area contributed by atoms with E-state index < -0.39 is 0 Å². The van der Waals surface area contributed by atoms with Crippen LogP contribution in [0.3, 0.4) is 0 Å². The van der Waals surface area contributed by atoms with Gasteiger partial charge in [0, 0.05) is 11.9 Å². The van der Waals surface area contributed by atoms with E-state index in [1.807, 2.05) is 32.0 Å². The van der Waals surface area contributed by atoms with Crippen LogP contribution in [0.25, 0.3) is 0 Å². The van der Waals surface area contributed by atoms with Gasteiger partial charge in [-0.15, -0.1) is 0 Å². The second kappa shape index (κ2) is 5.71. The van der Waals surface area contributed by atoms with Gasteiger partial charge < -0.3 is 10.6 Å². The molecule has 4 nitrogen and oxygen atoms in total. The van der Waals surface area contributed by atoms with Crippen LogP contribution in [-0.2, 0) is 0 Å². The monoisotopic (exact) mass is 275 g/mol. The molecule has 5 heteroatoms. The molecule has 19 heavy (non-hydrogen) atoms. The number of rotatable bonds is 2. The summed E-state index contributed by atoms with van der Waals surface area (Å²) in [6, 6.07) is 8.93. The Morgan fingerprint density at radius 1 is 1.16 bits per heavy atom. The molecule has 2 aromatic rings. The summed E-state index contributed by atoms with van der Waals surface area (Å²) in [5.74, 6) is 0. The number of nitrogens with zero attached hydrogens (tertiary/aromatic N) is 1. The number of aryl methyl sites for hydroxylation is 2. The first-order chi connectivity index (χ1) is 9.06. The topological polar surface area (TPSA) is 54.0 Å². The van der Waals surface area contributed by atoms with E-state index in [0.29, 0.717) is 5.69 Å². The van der Waals surface area contributed by atoms with Crippen LogP contribution >= 0.6 is 11.6 Å². The largest absolute Gasteiger partial charge is 0.323 e. The molecule has 0 aliphatic rings. The van der Waals surface area contributed by atoms with Crippen LogP contribution in [0, 0.1) is 13.8 Å². The van der Waals surface area contributed by atoms with Crippen LogP contribution in [0.2, 0.25) is 5.15 Å². The van der Waals surface area contributed by atoms with E-state index in [0.717, 1.165) is 16.8 Å². The number of hydrogen-bond acceptors (Lipinski definition) is 2. The summed E-state index contributed by atoms with van der Waals surface area (Å²) in [6.07, 6.45) is 1.57. The van der Waals surface area contributed by atoms with Gasteiger partial charge in [-0.25, -0.2) is 9.78 Å². The fourth-order valence-corrected chi connectivity index (χ4v) is 1.79. The van der Waals surface area contributed by atoms with Gasteiger partial charge in [-0.05, 0) is 43.2 Å². The molecule has 98 valence electrons. The maximum absolute atomic E-state index is 11.9. The van der Waals surface area contributed by atoms with Gasteiger partial charge in [-0.2, -0.15) is 0 Å². The van der Waals surface area contributed by atoms with E-state index >= 15 is 0 Å². The van der Waals surface area contributed by atoms with Crippen molar-refractivity contribution in [3.63, 3.8) is 0 Å². The Labute approximate surface area is 116 Å². The minimum absolute atomic E-state index is 0.263. The summed E-state index contributed by atoms with van der Waals surface area (Å²) >= 11 is 5.87. The van der Waals surface area contributed by atoms with Crippen molar-refractivity contribution in [3.8, 4) is 0 Å². The van der Waals surface area contributed by atoms with Crippen LogP contribution in [0.4, 0.5) is 16.2 Å². The minimum atomic E-state index is -0.344. The summed E-state index contributed by atoms with van der Waals surface area (Å²) < 4.78 is 0. The second-order valence-electron chi connectivity index (χ2n) is 4.24. The molecular weight excluding hydrogens is 262 g/mol. The van der Waals surface area contributed by atoms with Crippen LogP contribution < -0.4 is 10.6 Å². The Morgan fingerprint density at radius 3 is 2.63 bits per heavy atom. The molecule has 1 heterocycles. The highest BCUT2D eigenvalue weighted by Crippen LogP contribution is 2.19. The van der Waals surface area contributed by atoms with Crippen molar-refractivity contribution >= 4 is 29.0 Å². The van der Waals surface area contributed by atoms with E-state index in [9.17, 15) is 4.79 Å². The number of anilines is 2. The number of nitrogens with one attached hydrogen (secondary N) is 2. The van der Waals surface area contributed by atoms with E-state index in [4.69, 9.17) is 11.6 Å². The fourth-order valence-electron chi connectivity index (χ4n) is 1.63. The van der Waals surface area contributed by atoms with Gasteiger partial charge in [0.2, 0.25) is 0 Å². The number of aromatic nitrogens is 1. The molecule has 0 radical (unpaired) electrons. The molecule has 0 fully saturated rings. The second-order valence-corrected chi connectivity index (χ2v) is 4.60. The molecular formula is C14H14ClN3O. The normalized spacial score (nSPS) is 10.1. The van der Waals surface area contributed by atoms with Gasteiger partial charge in [-0.1, -0.05) is 23.7 Å². The molecule has 0 aliphatic carbocycles. The zero-order valence-corrected chi connectivity index (χ0v) is 11.5. The lowest BCUT2D eigenvalue weighted by Crippen LogP contribution is -2.20. The quantitative estimate of drug-likeness (QED) is 0.814. The first-order valence-corrected chi connectivity index (χ1v) is 6.20. The number of hydrogen-bond donors (Lipinski definition) is 2. The van der Waals surface area contributed by atoms with Crippen molar-refractivity contribution < 1.29 is 4.79 Å². The Hall–Kier alpha value is -2.07. The molecule has 0 aliphatic heterocycles. The Kier molecular flexibility index (Phi) is 4.02. The third kappa shape index (κ3) is 3.45. The average molecular weight is 276 g/mol. The molecule has 2 amide bonds. The Morgan fingerprint density at radius 2 is 1.89 bits per heavy atom. The summed E-state index contributed by atoms with van der Waals surface area (Å²) in [5, 5.41) is 5.71. The highest BCUT2D eigenvalue weighted by atomic mass is 35.5. The van der Waals surface area contributed by atoms with Crippen LogP contribution in [0.1, 0.15) is 11.1 Å². The zero-order chi connectivity index (χ0) is 13.8. The Balaban J connectivity index is 2.10. The highest BCUT2D eigenvalue weighted by Gasteiger charge is 2.07. The van der Waals surface area contributed by atoms with Crippen molar-refractivity contribution in [1.29, 1.82) is 0 Å². The van der Waals surface area contributed by atoms with E-state index in [1.54, 1.807) is 18.3 Å². The van der Waals surface area contributed by atoms with Gasteiger partial charge >= 0.3 is 6.03 Å². The van der Waals surface area contributed by atoms with Crippen molar-refractivity contribution in [3.05, 3.63) is 52.8 Å². The smallest absolute Gasteiger partial charge is 0.307 e. The zero-order valence-electron chi connectivity index (χ0n) is 10.7. The molecule has 1 aromatic carbocycles. The van der Waals surface area contributed by atoms with Crippen molar-refractivity contribution in [2.45, 2.75) is 13.8 Å². The van der Waals surface area contributed by atoms with E-state index in [1.165, 1.54) is 0 Å². The fraction of sp³-hybridized carbons (Fsp3) is 0.143. The van der Waals surface area contributed by atoms with Crippen molar-refractivity contribution in [2.75, 3.05) is 10.6 Å². The molecule has 0 saturated carbocycles. The number of halogens is 1. The van der Waals surface area contributed by atoms with Crippen LogP contribution in [0.5, 0.6) is 0 Å². The predicted octanol–water partition coefficient (Wildman–Crippen LogP) is 4.00. The lowest BCUT2D eigenvalue weighted by Gasteiger charge is -2.11. The number of carbonyl (C=O) groups is 1. The summed E-state index contributed by atoms with van der Waals surface area (Å²) in [5.41, 5.74) is 3.34. The van der Waals surface area contributed by atoms with E-state index in [-0.39, 0.29) is 11.2 Å². The number of urea groups is 1. The number of benzene rings is 1. The molecule has 0 atom stereocenters. The third-order valence-corrected chi connectivity index (χ3v) is 2.95. The number of pyridine rings is 1. The standard InChI is InChI=1S/C14H14ClN3O/c1-9-5-6-10(2)12(8-9)18-14(19)17-11-4-3-7-16-13(11)15/h3-8H,1-2H3,(H2,17,18,19). The van der Waals surface area contributed by atoms with Gasteiger partial charge in [-0.3, -0.25) is 0 Å². The van der Waals surface area contributed by atoms with Crippen LogP contribution in [-0.4, -0.2) is 11.0 Å². The maximum atomic E-state index is 11.9. The molecule has 2 rings (SSSR count). The number of carbonyl (C=O) groups excluding carboxylic acids is 1. The number of amides is 2. The molecule has 2 N–H and O–H groups in total. The third-order valence-electron chi connectivity index (χ3n) is 2.65. The SMILES string of the molecule is Cc1ccc(C)c(NC(=O)Nc2cccnc2Cl)c1. The van der Waals surface area contributed by atoms with E-state index in [2.05, 4.69) is 15.6 Å². The van der Waals surface area contributed by atoms with Gasteiger partial charge in [0.05, 0.1) is 5.69 Å². The van der Waals surface area contributed by atoms with Gasteiger partial charge in [0.15, 0.2) is 5.15 Å². The van der Waals surface area contributed by atoms with Crippen molar-refractivity contribution in [2.24, 2.45) is 0 Å². The van der Waals surface area contributed by atoms with Crippen LogP contribution in [0.15, 0.2) is 36.5 Å². The first kappa shape index (κ1) is 13.4. The Bertz CT molecular complexity index is 613. The minimum Gasteiger partial charge on any atom is -0.307 e. The lowest BCUT2D eigenvalue weighted by atomic mass is 10.1. The molecule has 0 bridgehead atoms. The predicted molar refractivity (Wildman–Crippen MR) is 77.8 cm³/mol. The van der Waals surface area contributed by atoms with Crippen molar-refractivity contribution in [1.82, 2.24) is 4.98 Å². The molecule has 1 aromatic heterocycles. The average Bonchev–Trinajstić information content (AvgIpc) is 2.37. The summed E-state index contributed by atoms with van der Waals surface area (Å²) in [4.78, 5) is 15.8. The molecule has 0 saturated heterocycles. The summed E-state index contributed by atoms with van der Waals surface area (Å²) in [6.45, 7) is 3.91. The highest BCUT2D eigenvalue weighted by molar-refractivity contribution is 6.32. The summed E-state index contributed by atoms with van der Waals surface area (Å²) in [7, 11) is 0. The lowest BCUT2D eigenvalue weighted by molar-refractivity contribution is 0.262. The molecule has 0 unspecified atom stereocenters. The maximum Gasteiger partial charge on any atom is 0.323 e.